The van der Waals surface area contributed by atoms with Gasteiger partial charge in [0, 0.05) is 0 Å². The quantitative estimate of drug-likeness (QED) is 0.769. The number of carboxylic acids is 1. The molecular weight excluding hydrogens is 212 g/mol. The molecule has 2 heteroatoms. The molecule has 17 heavy (non-hydrogen) atoms. The van der Waals surface area contributed by atoms with Crippen molar-refractivity contribution in [2.45, 2.75) is 46.0 Å². The molecule has 1 N–H and O–H groups in total. The molecule has 0 bridgehead atoms. The van der Waals surface area contributed by atoms with Gasteiger partial charge in [-0.3, -0.25) is 0 Å². The minimum atomic E-state index is -0.852. The van der Waals surface area contributed by atoms with E-state index in [2.05, 4.69) is 13.8 Å². The summed E-state index contributed by atoms with van der Waals surface area (Å²) in [6.07, 6.45) is 6.06. The zero-order chi connectivity index (χ0) is 12.7. The number of carbonyl (C=O) groups is 1. The standard InChI is InChI=1S/C15H22O2/c1-3-5-6-12(4-2)11-13-7-9-14(10-8-13)15(16)17/h7-10,12H,3-6,11H2,1-2H3,(H,16,17). The van der Waals surface area contributed by atoms with Crippen molar-refractivity contribution in [2.24, 2.45) is 5.92 Å². The lowest BCUT2D eigenvalue weighted by Gasteiger charge is -2.14. The van der Waals surface area contributed by atoms with Crippen molar-refractivity contribution >= 4 is 5.97 Å². The van der Waals surface area contributed by atoms with E-state index in [9.17, 15) is 4.79 Å². The second kappa shape index (κ2) is 7.10. The van der Waals surface area contributed by atoms with Crippen LogP contribution in [0.15, 0.2) is 24.3 Å². The SMILES string of the molecule is CCCCC(CC)Cc1ccc(C(=O)O)cc1. The Labute approximate surface area is 104 Å². The molecule has 0 aromatic heterocycles. The van der Waals surface area contributed by atoms with Gasteiger partial charge in [-0.1, -0.05) is 51.7 Å². The fourth-order valence-electron chi connectivity index (χ4n) is 2.06. The topological polar surface area (TPSA) is 37.3 Å². The van der Waals surface area contributed by atoms with Crippen LogP contribution in [0.4, 0.5) is 0 Å². The van der Waals surface area contributed by atoms with Gasteiger partial charge in [-0.2, -0.15) is 0 Å². The molecule has 0 spiro atoms. The molecular formula is C15H22O2. The van der Waals surface area contributed by atoms with E-state index in [1.807, 2.05) is 12.1 Å². The Kier molecular flexibility index (Phi) is 5.75. The summed E-state index contributed by atoms with van der Waals surface area (Å²) in [5.74, 6) is -0.125. The zero-order valence-corrected chi connectivity index (χ0v) is 10.8. The third kappa shape index (κ3) is 4.59. The van der Waals surface area contributed by atoms with Crippen molar-refractivity contribution in [3.8, 4) is 0 Å². The molecule has 1 atom stereocenters. The van der Waals surface area contributed by atoms with Gasteiger partial charge in [0.15, 0.2) is 0 Å². The average Bonchev–Trinajstić information content (AvgIpc) is 2.35. The summed E-state index contributed by atoms with van der Waals surface area (Å²) >= 11 is 0. The minimum absolute atomic E-state index is 0.371. The molecule has 0 saturated carbocycles. The van der Waals surface area contributed by atoms with Crippen LogP contribution < -0.4 is 0 Å². The summed E-state index contributed by atoms with van der Waals surface area (Å²) in [6.45, 7) is 4.44. The molecule has 0 radical (unpaired) electrons. The number of benzene rings is 1. The minimum Gasteiger partial charge on any atom is -0.478 e. The lowest BCUT2D eigenvalue weighted by Crippen LogP contribution is -2.04. The molecule has 0 saturated heterocycles. The summed E-state index contributed by atoms with van der Waals surface area (Å²) in [5, 5.41) is 8.82. The van der Waals surface area contributed by atoms with Crippen molar-refractivity contribution in [1.29, 1.82) is 0 Å². The van der Waals surface area contributed by atoms with Crippen molar-refractivity contribution in [3.63, 3.8) is 0 Å². The van der Waals surface area contributed by atoms with Crippen LogP contribution in [0.5, 0.6) is 0 Å². The Morgan fingerprint density at radius 2 is 1.88 bits per heavy atom. The van der Waals surface area contributed by atoms with E-state index in [1.54, 1.807) is 12.1 Å². The Hall–Kier alpha value is -1.31. The molecule has 1 aromatic rings. The fraction of sp³-hybridized carbons (Fsp3) is 0.533. The lowest BCUT2D eigenvalue weighted by atomic mass is 9.92. The van der Waals surface area contributed by atoms with Gasteiger partial charge >= 0.3 is 5.97 Å². The molecule has 2 nitrogen and oxygen atoms in total. The monoisotopic (exact) mass is 234 g/mol. The predicted molar refractivity (Wildman–Crippen MR) is 70.4 cm³/mol. The smallest absolute Gasteiger partial charge is 0.335 e. The van der Waals surface area contributed by atoms with Gasteiger partial charge in [0.05, 0.1) is 5.56 Å². The Balaban J connectivity index is 2.57. The Bertz CT molecular complexity index is 340. The number of hydrogen-bond acceptors (Lipinski definition) is 1. The van der Waals surface area contributed by atoms with Crippen molar-refractivity contribution in [2.75, 3.05) is 0 Å². The van der Waals surface area contributed by atoms with Gasteiger partial charge in [0.2, 0.25) is 0 Å². The first-order valence-electron chi connectivity index (χ1n) is 6.49. The van der Waals surface area contributed by atoms with Crippen LogP contribution in [0.1, 0.15) is 55.5 Å². The van der Waals surface area contributed by atoms with Crippen LogP contribution in [0.25, 0.3) is 0 Å². The van der Waals surface area contributed by atoms with Gasteiger partial charge in [-0.15, -0.1) is 0 Å². The maximum Gasteiger partial charge on any atom is 0.335 e. The molecule has 0 heterocycles. The summed E-state index contributed by atoms with van der Waals surface area (Å²) in [5.41, 5.74) is 1.62. The van der Waals surface area contributed by atoms with E-state index in [1.165, 1.54) is 31.2 Å². The van der Waals surface area contributed by atoms with Crippen LogP contribution in [0.3, 0.4) is 0 Å². The normalized spacial score (nSPS) is 12.4. The van der Waals surface area contributed by atoms with Gasteiger partial charge in [0.1, 0.15) is 0 Å². The third-order valence-electron chi connectivity index (χ3n) is 3.27. The first-order valence-corrected chi connectivity index (χ1v) is 6.49. The van der Waals surface area contributed by atoms with Crippen LogP contribution in [-0.4, -0.2) is 11.1 Å². The van der Waals surface area contributed by atoms with E-state index >= 15 is 0 Å². The van der Waals surface area contributed by atoms with E-state index in [0.29, 0.717) is 5.56 Å². The second-order valence-corrected chi connectivity index (χ2v) is 4.62. The number of rotatable bonds is 7. The molecule has 1 rings (SSSR count). The summed E-state index contributed by atoms with van der Waals surface area (Å²) < 4.78 is 0. The fourth-order valence-corrected chi connectivity index (χ4v) is 2.06. The largest absolute Gasteiger partial charge is 0.478 e. The molecule has 94 valence electrons. The first-order chi connectivity index (χ1) is 8.17. The van der Waals surface area contributed by atoms with Crippen molar-refractivity contribution < 1.29 is 9.90 Å². The van der Waals surface area contributed by atoms with Gasteiger partial charge in [-0.05, 0) is 30.0 Å². The van der Waals surface area contributed by atoms with E-state index in [0.717, 1.165) is 12.3 Å². The first kappa shape index (κ1) is 13.8. The van der Waals surface area contributed by atoms with E-state index in [4.69, 9.17) is 5.11 Å². The number of aromatic carboxylic acids is 1. The molecule has 1 aromatic carbocycles. The summed E-state index contributed by atoms with van der Waals surface area (Å²) in [6, 6.07) is 7.28. The van der Waals surface area contributed by atoms with Crippen molar-refractivity contribution in [1.82, 2.24) is 0 Å². The Morgan fingerprint density at radius 3 is 2.35 bits per heavy atom. The van der Waals surface area contributed by atoms with Gasteiger partial charge in [-0.25, -0.2) is 4.79 Å². The summed E-state index contributed by atoms with van der Waals surface area (Å²) in [4.78, 5) is 10.7. The van der Waals surface area contributed by atoms with E-state index < -0.39 is 5.97 Å². The molecule has 0 aliphatic carbocycles. The second-order valence-electron chi connectivity index (χ2n) is 4.62. The average molecular weight is 234 g/mol. The maximum atomic E-state index is 10.7. The molecule has 0 aliphatic heterocycles. The highest BCUT2D eigenvalue weighted by molar-refractivity contribution is 5.87. The highest BCUT2D eigenvalue weighted by Gasteiger charge is 2.08. The molecule has 0 amide bonds. The molecule has 1 unspecified atom stereocenters. The maximum absolute atomic E-state index is 10.7. The van der Waals surface area contributed by atoms with Crippen molar-refractivity contribution in [3.05, 3.63) is 35.4 Å². The third-order valence-corrected chi connectivity index (χ3v) is 3.27. The van der Waals surface area contributed by atoms with Crippen LogP contribution in [0, 0.1) is 5.92 Å². The predicted octanol–water partition coefficient (Wildman–Crippen LogP) is 4.14. The Morgan fingerprint density at radius 1 is 1.24 bits per heavy atom. The van der Waals surface area contributed by atoms with Gasteiger partial charge < -0.3 is 5.11 Å². The number of unbranched alkanes of at least 4 members (excludes halogenated alkanes) is 1. The zero-order valence-electron chi connectivity index (χ0n) is 10.8. The molecule has 0 aliphatic rings. The van der Waals surface area contributed by atoms with E-state index in [-0.39, 0.29) is 0 Å². The van der Waals surface area contributed by atoms with Crippen LogP contribution >= 0.6 is 0 Å². The highest BCUT2D eigenvalue weighted by atomic mass is 16.4. The molecule has 0 fully saturated rings. The number of carboxylic acid groups (broad SMARTS) is 1. The highest BCUT2D eigenvalue weighted by Crippen LogP contribution is 2.18. The number of hydrogen-bond donors (Lipinski definition) is 1. The van der Waals surface area contributed by atoms with Gasteiger partial charge in [0.25, 0.3) is 0 Å². The summed E-state index contributed by atoms with van der Waals surface area (Å²) in [7, 11) is 0. The van der Waals surface area contributed by atoms with Crippen LogP contribution in [-0.2, 0) is 6.42 Å². The van der Waals surface area contributed by atoms with Crippen LogP contribution in [0.2, 0.25) is 0 Å². The lowest BCUT2D eigenvalue weighted by molar-refractivity contribution is 0.0697.